The molecule has 0 radical (unpaired) electrons. The van der Waals surface area contributed by atoms with Gasteiger partial charge in [-0.3, -0.25) is 9.00 Å². The van der Waals surface area contributed by atoms with E-state index in [0.717, 1.165) is 11.3 Å². The first-order chi connectivity index (χ1) is 14.9. The van der Waals surface area contributed by atoms with Gasteiger partial charge < -0.3 is 23.7 Å². The lowest BCUT2D eigenvalue weighted by atomic mass is 10.2. The quantitative estimate of drug-likeness (QED) is 0.639. The van der Waals surface area contributed by atoms with Gasteiger partial charge in [-0.05, 0) is 38.1 Å². The van der Waals surface area contributed by atoms with Gasteiger partial charge in [-0.1, -0.05) is 0 Å². The van der Waals surface area contributed by atoms with Crippen LogP contribution in [0.15, 0.2) is 28.7 Å². The maximum Gasteiger partial charge on any atom is 0.409 e. The Labute approximate surface area is 183 Å². The number of hydrogen-bond donors (Lipinski definition) is 0. The van der Waals surface area contributed by atoms with Gasteiger partial charge in [0.2, 0.25) is 11.8 Å². The number of carbonyl (C=O) groups is 2. The van der Waals surface area contributed by atoms with Gasteiger partial charge in [0.05, 0.1) is 25.2 Å². The molecule has 2 aromatic rings. The Morgan fingerprint density at radius 3 is 2.39 bits per heavy atom. The zero-order valence-corrected chi connectivity index (χ0v) is 18.8. The number of ether oxygens (including phenoxy) is 2. The lowest BCUT2D eigenvalue weighted by molar-refractivity contribution is -0.129. The third kappa shape index (κ3) is 5.84. The highest BCUT2D eigenvalue weighted by molar-refractivity contribution is 7.84. The molecule has 9 nitrogen and oxygen atoms in total. The second-order valence-corrected chi connectivity index (χ2v) is 8.50. The molecular formula is C21H27N3O6S. The Kier molecular flexibility index (Phi) is 7.67. The van der Waals surface area contributed by atoms with E-state index in [4.69, 9.17) is 13.9 Å². The Bertz CT molecular complexity index is 935. The summed E-state index contributed by atoms with van der Waals surface area (Å²) in [6.07, 6.45) is -0.368. The van der Waals surface area contributed by atoms with E-state index in [1.165, 1.54) is 0 Å². The van der Waals surface area contributed by atoms with E-state index >= 15 is 0 Å². The fraction of sp³-hybridized carbons (Fsp3) is 0.476. The van der Waals surface area contributed by atoms with Crippen LogP contribution in [-0.4, -0.2) is 76.6 Å². The molecule has 1 aliphatic rings. The molecule has 1 saturated heterocycles. The number of amides is 2. The number of methoxy groups -OCH3 is 1. The first kappa shape index (κ1) is 22.8. The van der Waals surface area contributed by atoms with Crippen LogP contribution < -0.4 is 4.74 Å². The summed E-state index contributed by atoms with van der Waals surface area (Å²) in [5.74, 6) is 1.60. The number of rotatable bonds is 7. The number of piperazine rings is 1. The van der Waals surface area contributed by atoms with Crippen molar-refractivity contribution in [1.29, 1.82) is 0 Å². The van der Waals surface area contributed by atoms with E-state index < -0.39 is 10.8 Å². The fourth-order valence-electron chi connectivity index (χ4n) is 3.20. The average molecular weight is 450 g/mol. The standard InChI is InChI=1S/C21H27N3O6S/c1-4-29-21(26)24-11-9-23(10-12-24)19(25)14-31(27)13-18-15(2)30-20(22-18)16-5-7-17(28-3)8-6-16/h5-8H,4,9-14H2,1-3H3/t31-/m1/s1. The normalized spacial score (nSPS) is 14.9. The topological polar surface area (TPSA) is 102 Å². The van der Waals surface area contributed by atoms with Crippen LogP contribution in [-0.2, 0) is 26.1 Å². The second kappa shape index (κ2) is 10.4. The Hall–Kier alpha value is -2.88. The number of carbonyl (C=O) groups excluding carboxylic acids is 2. The SMILES string of the molecule is CCOC(=O)N1CCN(C(=O)C[S@](=O)Cc2nc(-c3ccc(OC)cc3)oc2C)CC1. The predicted molar refractivity (Wildman–Crippen MR) is 115 cm³/mol. The Morgan fingerprint density at radius 1 is 1.13 bits per heavy atom. The number of benzene rings is 1. The number of oxazole rings is 1. The van der Waals surface area contributed by atoms with Gasteiger partial charge in [0.15, 0.2) is 0 Å². The van der Waals surface area contributed by atoms with Gasteiger partial charge in [-0.2, -0.15) is 0 Å². The van der Waals surface area contributed by atoms with Crippen LogP contribution in [0, 0.1) is 6.92 Å². The largest absolute Gasteiger partial charge is 0.497 e. The van der Waals surface area contributed by atoms with Crippen LogP contribution in [0.2, 0.25) is 0 Å². The summed E-state index contributed by atoms with van der Waals surface area (Å²) < 4.78 is 28.4. The van der Waals surface area contributed by atoms with E-state index in [-0.39, 0.29) is 23.5 Å². The molecule has 1 aliphatic heterocycles. The smallest absolute Gasteiger partial charge is 0.409 e. The summed E-state index contributed by atoms with van der Waals surface area (Å²) >= 11 is 0. The fourth-order valence-corrected chi connectivity index (χ4v) is 4.34. The molecule has 31 heavy (non-hydrogen) atoms. The summed E-state index contributed by atoms with van der Waals surface area (Å²) in [5.41, 5.74) is 1.36. The molecule has 0 bridgehead atoms. The second-order valence-electron chi connectivity index (χ2n) is 7.05. The third-order valence-electron chi connectivity index (χ3n) is 4.97. The van der Waals surface area contributed by atoms with Crippen molar-refractivity contribution in [2.24, 2.45) is 0 Å². The van der Waals surface area contributed by atoms with E-state index in [1.54, 1.807) is 30.8 Å². The molecule has 10 heteroatoms. The zero-order chi connectivity index (χ0) is 22.4. The summed E-state index contributed by atoms with van der Waals surface area (Å²) in [4.78, 5) is 31.9. The molecular weight excluding hydrogens is 422 g/mol. The number of nitrogens with zero attached hydrogens (tertiary/aromatic N) is 3. The van der Waals surface area contributed by atoms with Crippen LogP contribution in [0.3, 0.4) is 0 Å². The Balaban J connectivity index is 1.53. The maximum absolute atomic E-state index is 12.6. The van der Waals surface area contributed by atoms with E-state index in [9.17, 15) is 13.8 Å². The predicted octanol–water partition coefficient (Wildman–Crippen LogP) is 2.21. The van der Waals surface area contributed by atoms with Gasteiger partial charge in [-0.15, -0.1) is 0 Å². The van der Waals surface area contributed by atoms with Gasteiger partial charge in [0.25, 0.3) is 0 Å². The minimum Gasteiger partial charge on any atom is -0.497 e. The summed E-state index contributed by atoms with van der Waals surface area (Å²) in [6, 6.07) is 7.30. The molecule has 2 heterocycles. The molecule has 168 valence electrons. The highest BCUT2D eigenvalue weighted by atomic mass is 32.2. The van der Waals surface area contributed by atoms with Crippen molar-refractivity contribution in [2.45, 2.75) is 19.6 Å². The number of hydrogen-bond acceptors (Lipinski definition) is 7. The minimum atomic E-state index is -1.42. The number of aryl methyl sites for hydroxylation is 1. The van der Waals surface area contributed by atoms with Crippen molar-refractivity contribution in [3.8, 4) is 17.2 Å². The monoisotopic (exact) mass is 449 g/mol. The number of aromatic nitrogens is 1. The van der Waals surface area contributed by atoms with Crippen LogP contribution in [0.4, 0.5) is 4.79 Å². The molecule has 3 rings (SSSR count). The molecule has 2 amide bonds. The zero-order valence-electron chi connectivity index (χ0n) is 18.0. The van der Waals surface area contributed by atoms with Gasteiger partial charge in [0, 0.05) is 42.5 Å². The van der Waals surface area contributed by atoms with Crippen molar-refractivity contribution in [1.82, 2.24) is 14.8 Å². The van der Waals surface area contributed by atoms with E-state index in [1.807, 2.05) is 24.3 Å². The van der Waals surface area contributed by atoms with Crippen molar-refractivity contribution >= 4 is 22.8 Å². The van der Waals surface area contributed by atoms with Crippen molar-refractivity contribution in [3.05, 3.63) is 35.7 Å². The molecule has 0 aliphatic carbocycles. The lowest BCUT2D eigenvalue weighted by Crippen LogP contribution is -2.51. The summed E-state index contributed by atoms with van der Waals surface area (Å²) in [5, 5.41) is 0. The first-order valence-electron chi connectivity index (χ1n) is 10.1. The summed E-state index contributed by atoms with van der Waals surface area (Å²) in [6.45, 7) is 5.46. The van der Waals surface area contributed by atoms with Gasteiger partial charge in [0.1, 0.15) is 17.3 Å². The highest BCUT2D eigenvalue weighted by Crippen LogP contribution is 2.24. The van der Waals surface area contributed by atoms with Crippen LogP contribution in [0.1, 0.15) is 18.4 Å². The molecule has 1 fully saturated rings. The molecule has 1 aromatic heterocycles. The average Bonchev–Trinajstić information content (AvgIpc) is 3.14. The lowest BCUT2D eigenvalue weighted by Gasteiger charge is -2.34. The van der Waals surface area contributed by atoms with E-state index in [2.05, 4.69) is 4.98 Å². The molecule has 0 unspecified atom stereocenters. The van der Waals surface area contributed by atoms with Crippen LogP contribution in [0.25, 0.3) is 11.5 Å². The van der Waals surface area contributed by atoms with Crippen LogP contribution in [0.5, 0.6) is 5.75 Å². The highest BCUT2D eigenvalue weighted by Gasteiger charge is 2.26. The molecule has 0 N–H and O–H groups in total. The van der Waals surface area contributed by atoms with Crippen molar-refractivity contribution in [3.63, 3.8) is 0 Å². The van der Waals surface area contributed by atoms with Crippen LogP contribution >= 0.6 is 0 Å². The van der Waals surface area contributed by atoms with E-state index in [0.29, 0.717) is 50.1 Å². The first-order valence-corrected chi connectivity index (χ1v) is 11.5. The van der Waals surface area contributed by atoms with Crippen molar-refractivity contribution < 1.29 is 27.7 Å². The Morgan fingerprint density at radius 2 is 1.77 bits per heavy atom. The molecule has 0 saturated carbocycles. The van der Waals surface area contributed by atoms with Crippen molar-refractivity contribution in [2.75, 3.05) is 45.6 Å². The maximum atomic E-state index is 12.6. The van der Waals surface area contributed by atoms with Gasteiger partial charge >= 0.3 is 6.09 Å². The molecule has 1 aromatic carbocycles. The minimum absolute atomic E-state index is 0.0937. The van der Waals surface area contributed by atoms with Gasteiger partial charge in [-0.25, -0.2) is 9.78 Å². The molecule has 0 spiro atoms. The molecule has 1 atom stereocenters. The third-order valence-corrected chi connectivity index (χ3v) is 6.13. The summed E-state index contributed by atoms with van der Waals surface area (Å²) in [7, 11) is 0.176.